The molecule has 0 bridgehead atoms. The molecule has 1 aliphatic rings. The quantitative estimate of drug-likeness (QED) is 0.570. The summed E-state index contributed by atoms with van der Waals surface area (Å²) in [5, 5.41) is 21.4. The number of aromatic nitrogens is 4. The summed E-state index contributed by atoms with van der Waals surface area (Å²) < 4.78 is 9.61. The van der Waals surface area contributed by atoms with Crippen molar-refractivity contribution in [3.05, 3.63) is 53.5 Å². The third-order valence-corrected chi connectivity index (χ3v) is 6.44. The summed E-state index contributed by atoms with van der Waals surface area (Å²) >= 11 is 1.30. The van der Waals surface area contributed by atoms with Gasteiger partial charge in [-0.2, -0.15) is 5.26 Å². The monoisotopic (exact) mass is 436 g/mol. The SMILES string of the molecule is Cc1c(C#N)c(NC(=O)CSc2nncn2-c2ccccc2)n(C[C@H]2CCCO2)c1C. The second-order valence-corrected chi connectivity index (χ2v) is 8.39. The fraction of sp³-hybridized carbons (Fsp3) is 0.364. The number of nitrogens with zero attached hydrogens (tertiary/aromatic N) is 5. The molecule has 0 saturated carbocycles. The number of ether oxygens (including phenoxy) is 1. The van der Waals surface area contributed by atoms with Crippen molar-refractivity contribution in [1.29, 1.82) is 5.26 Å². The van der Waals surface area contributed by atoms with E-state index in [-0.39, 0.29) is 17.8 Å². The first-order valence-corrected chi connectivity index (χ1v) is 11.2. The van der Waals surface area contributed by atoms with Crippen LogP contribution >= 0.6 is 11.8 Å². The Bertz CT molecular complexity index is 1110. The van der Waals surface area contributed by atoms with Crippen LogP contribution in [0.15, 0.2) is 41.8 Å². The van der Waals surface area contributed by atoms with Gasteiger partial charge in [0.2, 0.25) is 5.91 Å². The standard InChI is InChI=1S/C22H24N6O2S/c1-15-16(2)27(12-18-9-6-10-30-18)21(19(15)11-23)25-20(29)13-31-22-26-24-14-28(22)17-7-4-3-5-8-17/h3-5,7-8,14,18H,6,9-10,12-13H2,1-2H3,(H,25,29)/t18-/m1/s1. The Labute approximate surface area is 185 Å². The fourth-order valence-electron chi connectivity index (χ4n) is 3.74. The molecule has 0 spiro atoms. The van der Waals surface area contributed by atoms with Gasteiger partial charge < -0.3 is 14.6 Å². The van der Waals surface area contributed by atoms with Gasteiger partial charge in [-0.25, -0.2) is 0 Å². The van der Waals surface area contributed by atoms with Crippen LogP contribution in [-0.4, -0.2) is 43.7 Å². The van der Waals surface area contributed by atoms with E-state index in [2.05, 4.69) is 21.6 Å². The topological polar surface area (TPSA) is 97.8 Å². The zero-order valence-corrected chi connectivity index (χ0v) is 18.4. The summed E-state index contributed by atoms with van der Waals surface area (Å²) in [6.07, 6.45) is 3.75. The van der Waals surface area contributed by atoms with Gasteiger partial charge in [-0.3, -0.25) is 9.36 Å². The van der Waals surface area contributed by atoms with Gasteiger partial charge in [0.15, 0.2) is 5.16 Å². The van der Waals surface area contributed by atoms with Gasteiger partial charge in [0.1, 0.15) is 18.2 Å². The summed E-state index contributed by atoms with van der Waals surface area (Å²) in [7, 11) is 0. The van der Waals surface area contributed by atoms with Crippen LogP contribution in [0.1, 0.15) is 29.7 Å². The van der Waals surface area contributed by atoms with Crippen molar-refractivity contribution in [2.75, 3.05) is 17.7 Å². The van der Waals surface area contributed by atoms with E-state index < -0.39 is 0 Å². The van der Waals surface area contributed by atoms with Crippen LogP contribution in [0.4, 0.5) is 5.82 Å². The molecule has 8 nitrogen and oxygen atoms in total. The summed E-state index contributed by atoms with van der Waals surface area (Å²) in [5.74, 6) is 0.498. The number of thioether (sulfide) groups is 1. The van der Waals surface area contributed by atoms with Gasteiger partial charge >= 0.3 is 0 Å². The Hall–Kier alpha value is -3.09. The highest BCUT2D eigenvalue weighted by Crippen LogP contribution is 2.29. The van der Waals surface area contributed by atoms with Gasteiger partial charge in [-0.05, 0) is 44.4 Å². The minimum Gasteiger partial charge on any atom is -0.376 e. The molecule has 0 aliphatic carbocycles. The second-order valence-electron chi connectivity index (χ2n) is 7.45. The molecular weight excluding hydrogens is 412 g/mol. The maximum atomic E-state index is 12.8. The number of carbonyl (C=O) groups is 1. The van der Waals surface area contributed by atoms with E-state index in [9.17, 15) is 10.1 Å². The maximum absolute atomic E-state index is 12.8. The van der Waals surface area contributed by atoms with E-state index in [1.165, 1.54) is 11.8 Å². The van der Waals surface area contributed by atoms with Gasteiger partial charge in [0.25, 0.3) is 0 Å². The number of amides is 1. The third-order valence-electron chi connectivity index (χ3n) is 5.49. The number of anilines is 1. The van der Waals surface area contributed by atoms with Crippen molar-refractivity contribution in [2.45, 2.75) is 44.5 Å². The molecule has 0 unspecified atom stereocenters. The van der Waals surface area contributed by atoms with E-state index in [4.69, 9.17) is 4.74 Å². The number of hydrogen-bond donors (Lipinski definition) is 1. The summed E-state index contributed by atoms with van der Waals surface area (Å²) in [6, 6.07) is 12.0. The lowest BCUT2D eigenvalue weighted by Gasteiger charge is -2.16. The Morgan fingerprint density at radius 3 is 2.87 bits per heavy atom. The van der Waals surface area contributed by atoms with Gasteiger partial charge in [-0.1, -0.05) is 30.0 Å². The van der Waals surface area contributed by atoms with Crippen molar-refractivity contribution >= 4 is 23.5 Å². The third kappa shape index (κ3) is 4.50. The van der Waals surface area contributed by atoms with E-state index in [0.717, 1.165) is 36.4 Å². The van der Waals surface area contributed by atoms with Crippen molar-refractivity contribution in [1.82, 2.24) is 19.3 Å². The normalized spacial score (nSPS) is 15.7. The minimum absolute atomic E-state index is 0.103. The molecular formula is C22H24N6O2S. The molecule has 2 aromatic heterocycles. The molecule has 4 rings (SSSR count). The van der Waals surface area contributed by atoms with Crippen molar-refractivity contribution in [3.63, 3.8) is 0 Å². The first kappa shape index (κ1) is 21.2. The smallest absolute Gasteiger partial charge is 0.235 e. The summed E-state index contributed by atoms with van der Waals surface area (Å²) in [4.78, 5) is 12.8. The number of carbonyl (C=O) groups excluding carboxylic acids is 1. The second kappa shape index (κ2) is 9.37. The largest absolute Gasteiger partial charge is 0.376 e. The molecule has 160 valence electrons. The Morgan fingerprint density at radius 1 is 1.35 bits per heavy atom. The number of benzene rings is 1. The van der Waals surface area contributed by atoms with Crippen molar-refractivity contribution in [3.8, 4) is 11.8 Å². The predicted molar refractivity (Wildman–Crippen MR) is 118 cm³/mol. The Kier molecular flexibility index (Phi) is 6.39. The lowest BCUT2D eigenvalue weighted by atomic mass is 10.2. The highest BCUT2D eigenvalue weighted by Gasteiger charge is 2.24. The average molecular weight is 437 g/mol. The summed E-state index contributed by atoms with van der Waals surface area (Å²) in [6.45, 7) is 5.26. The minimum atomic E-state index is -0.199. The van der Waals surface area contributed by atoms with Crippen LogP contribution in [0.2, 0.25) is 0 Å². The molecule has 1 fully saturated rings. The molecule has 3 aromatic rings. The Morgan fingerprint density at radius 2 is 2.16 bits per heavy atom. The van der Waals surface area contributed by atoms with Crippen molar-refractivity contribution in [2.24, 2.45) is 0 Å². The molecule has 31 heavy (non-hydrogen) atoms. The lowest BCUT2D eigenvalue weighted by Crippen LogP contribution is -2.22. The zero-order valence-electron chi connectivity index (χ0n) is 17.5. The van der Waals surface area contributed by atoms with Gasteiger partial charge in [-0.15, -0.1) is 10.2 Å². The first-order valence-electron chi connectivity index (χ1n) is 10.2. The molecule has 1 aromatic carbocycles. The summed E-state index contributed by atoms with van der Waals surface area (Å²) in [5.41, 5.74) is 3.28. The number of nitrogens with one attached hydrogen (secondary N) is 1. The van der Waals surface area contributed by atoms with E-state index in [1.54, 1.807) is 6.33 Å². The zero-order chi connectivity index (χ0) is 21.8. The molecule has 1 aliphatic heterocycles. The average Bonchev–Trinajstić information content (AvgIpc) is 3.51. The van der Waals surface area contributed by atoms with E-state index in [0.29, 0.717) is 23.1 Å². The number of hydrogen-bond acceptors (Lipinski definition) is 6. The fourth-order valence-corrected chi connectivity index (χ4v) is 4.47. The Balaban J connectivity index is 1.49. The van der Waals surface area contributed by atoms with E-state index in [1.807, 2.05) is 53.3 Å². The van der Waals surface area contributed by atoms with Crippen LogP contribution in [0, 0.1) is 25.2 Å². The molecule has 1 amide bonds. The number of nitriles is 1. The molecule has 0 radical (unpaired) electrons. The highest BCUT2D eigenvalue weighted by molar-refractivity contribution is 7.99. The molecule has 9 heteroatoms. The van der Waals surface area contributed by atoms with Crippen molar-refractivity contribution < 1.29 is 9.53 Å². The first-order chi connectivity index (χ1) is 15.1. The predicted octanol–water partition coefficient (Wildman–Crippen LogP) is 3.47. The molecule has 1 N–H and O–H groups in total. The number of para-hydroxylation sites is 1. The maximum Gasteiger partial charge on any atom is 0.235 e. The highest BCUT2D eigenvalue weighted by atomic mass is 32.2. The lowest BCUT2D eigenvalue weighted by molar-refractivity contribution is -0.113. The van der Waals surface area contributed by atoms with Crippen LogP contribution in [0.3, 0.4) is 0 Å². The van der Waals surface area contributed by atoms with E-state index >= 15 is 0 Å². The number of rotatable bonds is 7. The molecule has 1 saturated heterocycles. The molecule has 1 atom stereocenters. The van der Waals surface area contributed by atoms with Crippen LogP contribution in [0.5, 0.6) is 0 Å². The van der Waals surface area contributed by atoms with Gasteiger partial charge in [0, 0.05) is 18.0 Å². The van der Waals surface area contributed by atoms with Gasteiger partial charge in [0.05, 0.1) is 24.0 Å². The van der Waals surface area contributed by atoms with Crippen LogP contribution in [-0.2, 0) is 16.1 Å². The molecule has 3 heterocycles. The van der Waals surface area contributed by atoms with Crippen LogP contribution in [0.25, 0.3) is 5.69 Å². The van der Waals surface area contributed by atoms with Crippen LogP contribution < -0.4 is 5.32 Å².